The molecule has 0 saturated heterocycles. The van der Waals surface area contributed by atoms with E-state index in [1.165, 1.54) is 24.1 Å². The minimum absolute atomic E-state index is 0.0101. The second kappa shape index (κ2) is 13.2. The molecule has 0 heterocycles. The van der Waals surface area contributed by atoms with Gasteiger partial charge in [0.05, 0.1) is 17.7 Å². The number of methoxy groups -OCH3 is 1. The van der Waals surface area contributed by atoms with E-state index in [2.05, 4.69) is 5.32 Å². The van der Waals surface area contributed by atoms with Crippen LogP contribution in [0.25, 0.3) is 0 Å². The summed E-state index contributed by atoms with van der Waals surface area (Å²) in [5.74, 6) is -0.729. The first-order valence-corrected chi connectivity index (χ1v) is 14.4. The average molecular weight is 593 g/mol. The summed E-state index contributed by atoms with van der Waals surface area (Å²) in [4.78, 5) is 28.0. The number of benzene rings is 3. The first-order chi connectivity index (χ1) is 18.5. The van der Waals surface area contributed by atoms with E-state index in [1.54, 1.807) is 68.4 Å². The maximum atomic E-state index is 13.9. The molecule has 3 aromatic rings. The van der Waals surface area contributed by atoms with Gasteiger partial charge in [-0.2, -0.15) is 0 Å². The smallest absolute Gasteiger partial charge is 0.264 e. The number of nitrogens with one attached hydrogen (secondary N) is 1. The SMILES string of the molecule is CCNC(=O)[C@@H](C)N(Cc1ccc(Cl)cc1Cl)C(=O)CN(c1ccccc1OC)S(=O)(=O)c1ccc(C)cc1. The van der Waals surface area contributed by atoms with E-state index in [0.29, 0.717) is 22.2 Å². The Kier molecular flexibility index (Phi) is 10.2. The largest absolute Gasteiger partial charge is 0.495 e. The molecule has 1 atom stereocenters. The number of likely N-dealkylation sites (N-methyl/N-ethyl adjacent to an activating group) is 1. The predicted molar refractivity (Wildman–Crippen MR) is 154 cm³/mol. The van der Waals surface area contributed by atoms with Crippen molar-refractivity contribution >= 4 is 50.7 Å². The van der Waals surface area contributed by atoms with Crippen molar-refractivity contribution in [3.63, 3.8) is 0 Å². The topological polar surface area (TPSA) is 96.0 Å². The molecule has 0 aliphatic rings. The zero-order valence-electron chi connectivity index (χ0n) is 22.1. The van der Waals surface area contributed by atoms with Crippen LogP contribution in [0.2, 0.25) is 10.0 Å². The minimum atomic E-state index is -4.21. The van der Waals surface area contributed by atoms with Crippen molar-refractivity contribution in [2.24, 2.45) is 0 Å². The number of hydrogen-bond donors (Lipinski definition) is 1. The standard InChI is InChI=1S/C28H31Cl2N3O5S/c1-5-31-28(35)20(3)32(17-21-12-13-22(29)16-24(21)30)27(34)18-33(25-8-6-7-9-26(25)38-4)39(36,37)23-14-10-19(2)11-15-23/h6-16,20H,5,17-18H2,1-4H3,(H,31,35)/t20-/m1/s1. The van der Waals surface area contributed by atoms with Gasteiger partial charge in [-0.15, -0.1) is 0 Å². The van der Waals surface area contributed by atoms with Crippen molar-refractivity contribution in [3.05, 3.63) is 87.9 Å². The molecule has 3 aromatic carbocycles. The van der Waals surface area contributed by atoms with Crippen molar-refractivity contribution < 1.29 is 22.7 Å². The number of amides is 2. The molecule has 8 nitrogen and oxygen atoms in total. The summed E-state index contributed by atoms with van der Waals surface area (Å²) in [6.07, 6.45) is 0. The van der Waals surface area contributed by atoms with Gasteiger partial charge in [-0.05, 0) is 62.7 Å². The summed E-state index contributed by atoms with van der Waals surface area (Å²) in [6.45, 7) is 4.92. The van der Waals surface area contributed by atoms with Crippen LogP contribution in [-0.2, 0) is 26.2 Å². The Morgan fingerprint density at radius 1 is 1.03 bits per heavy atom. The van der Waals surface area contributed by atoms with Gasteiger partial charge in [0, 0.05) is 23.1 Å². The number of anilines is 1. The van der Waals surface area contributed by atoms with Crippen LogP contribution >= 0.6 is 23.2 Å². The minimum Gasteiger partial charge on any atom is -0.495 e. The number of para-hydroxylation sites is 2. The molecular formula is C28H31Cl2N3O5S. The Hall–Kier alpha value is -3.27. The third-order valence-corrected chi connectivity index (χ3v) is 8.48. The molecule has 39 heavy (non-hydrogen) atoms. The molecule has 3 rings (SSSR count). The maximum absolute atomic E-state index is 13.9. The van der Waals surface area contributed by atoms with Gasteiger partial charge in [0.1, 0.15) is 18.3 Å². The van der Waals surface area contributed by atoms with Crippen LogP contribution in [-0.4, -0.2) is 51.4 Å². The Morgan fingerprint density at radius 3 is 2.31 bits per heavy atom. The van der Waals surface area contributed by atoms with Crippen LogP contribution in [0.5, 0.6) is 5.75 Å². The normalized spacial score (nSPS) is 11.9. The van der Waals surface area contributed by atoms with Crippen molar-refractivity contribution in [2.75, 3.05) is 24.5 Å². The molecule has 11 heteroatoms. The molecule has 0 saturated carbocycles. The third-order valence-electron chi connectivity index (χ3n) is 6.12. The van der Waals surface area contributed by atoms with Crippen LogP contribution in [0.15, 0.2) is 71.6 Å². The number of sulfonamides is 1. The van der Waals surface area contributed by atoms with E-state index >= 15 is 0 Å². The maximum Gasteiger partial charge on any atom is 0.264 e. The second-order valence-corrected chi connectivity index (χ2v) is 11.5. The van der Waals surface area contributed by atoms with E-state index in [1.807, 2.05) is 6.92 Å². The number of carbonyl (C=O) groups excluding carboxylic acids is 2. The Morgan fingerprint density at radius 2 is 1.69 bits per heavy atom. The van der Waals surface area contributed by atoms with Gasteiger partial charge in [-0.3, -0.25) is 13.9 Å². The molecule has 0 aliphatic carbocycles. The summed E-state index contributed by atoms with van der Waals surface area (Å²) in [5.41, 5.74) is 1.62. The number of rotatable bonds is 11. The van der Waals surface area contributed by atoms with Gasteiger partial charge < -0.3 is 15.0 Å². The zero-order valence-corrected chi connectivity index (χ0v) is 24.5. The number of aryl methyl sites for hydroxylation is 1. The summed E-state index contributed by atoms with van der Waals surface area (Å²) >= 11 is 12.4. The van der Waals surface area contributed by atoms with Crippen molar-refractivity contribution in [2.45, 2.75) is 38.3 Å². The van der Waals surface area contributed by atoms with Crippen molar-refractivity contribution in [1.29, 1.82) is 0 Å². The van der Waals surface area contributed by atoms with Gasteiger partial charge in [-0.25, -0.2) is 8.42 Å². The number of ether oxygens (including phenoxy) is 1. The fraction of sp³-hybridized carbons (Fsp3) is 0.286. The van der Waals surface area contributed by atoms with E-state index < -0.39 is 28.5 Å². The Balaban J connectivity index is 2.09. The Bertz CT molecular complexity index is 1430. The summed E-state index contributed by atoms with van der Waals surface area (Å²) in [7, 11) is -2.79. The predicted octanol–water partition coefficient (Wildman–Crippen LogP) is 5.06. The zero-order chi connectivity index (χ0) is 28.7. The molecule has 1 N–H and O–H groups in total. The Labute approximate surface area is 239 Å². The van der Waals surface area contributed by atoms with Crippen LogP contribution in [0.4, 0.5) is 5.69 Å². The lowest BCUT2D eigenvalue weighted by Crippen LogP contribution is -2.51. The molecule has 0 radical (unpaired) electrons. The highest BCUT2D eigenvalue weighted by molar-refractivity contribution is 7.92. The highest BCUT2D eigenvalue weighted by atomic mass is 35.5. The monoisotopic (exact) mass is 591 g/mol. The quantitative estimate of drug-likeness (QED) is 0.336. The highest BCUT2D eigenvalue weighted by Crippen LogP contribution is 2.33. The van der Waals surface area contributed by atoms with E-state index in [-0.39, 0.29) is 28.8 Å². The third kappa shape index (κ3) is 7.23. The lowest BCUT2D eigenvalue weighted by Gasteiger charge is -2.32. The molecule has 0 aliphatic heterocycles. The first kappa shape index (κ1) is 30.3. The van der Waals surface area contributed by atoms with E-state index in [0.717, 1.165) is 9.87 Å². The molecule has 0 bridgehead atoms. The van der Waals surface area contributed by atoms with Crippen LogP contribution in [0, 0.1) is 6.92 Å². The number of halogens is 2. The molecule has 0 unspecified atom stereocenters. The molecule has 0 fully saturated rings. The van der Waals surface area contributed by atoms with Gasteiger partial charge >= 0.3 is 0 Å². The molecular weight excluding hydrogens is 561 g/mol. The van der Waals surface area contributed by atoms with Crippen LogP contribution in [0.1, 0.15) is 25.0 Å². The van der Waals surface area contributed by atoms with Gasteiger partial charge in [-0.1, -0.05) is 59.1 Å². The van der Waals surface area contributed by atoms with Crippen LogP contribution < -0.4 is 14.4 Å². The lowest BCUT2D eigenvalue weighted by atomic mass is 10.1. The van der Waals surface area contributed by atoms with Gasteiger partial charge in [0.25, 0.3) is 10.0 Å². The van der Waals surface area contributed by atoms with Crippen molar-refractivity contribution in [3.8, 4) is 5.75 Å². The fourth-order valence-electron chi connectivity index (χ4n) is 3.92. The number of hydrogen-bond acceptors (Lipinski definition) is 5. The molecule has 2 amide bonds. The van der Waals surface area contributed by atoms with E-state index in [9.17, 15) is 18.0 Å². The average Bonchev–Trinajstić information content (AvgIpc) is 2.91. The summed E-state index contributed by atoms with van der Waals surface area (Å²) in [6, 6.07) is 16.8. The fourth-order valence-corrected chi connectivity index (χ4v) is 5.82. The van der Waals surface area contributed by atoms with Gasteiger partial charge in [0.15, 0.2) is 0 Å². The number of nitrogens with zero attached hydrogens (tertiary/aromatic N) is 2. The first-order valence-electron chi connectivity index (χ1n) is 12.2. The second-order valence-electron chi connectivity index (χ2n) is 8.82. The molecule has 0 spiro atoms. The number of carbonyl (C=O) groups is 2. The molecule has 208 valence electrons. The molecule has 0 aromatic heterocycles. The highest BCUT2D eigenvalue weighted by Gasteiger charge is 2.33. The van der Waals surface area contributed by atoms with Crippen LogP contribution in [0.3, 0.4) is 0 Å². The van der Waals surface area contributed by atoms with E-state index in [4.69, 9.17) is 27.9 Å². The summed E-state index contributed by atoms with van der Waals surface area (Å²) < 4.78 is 34.3. The summed E-state index contributed by atoms with van der Waals surface area (Å²) in [5, 5.41) is 3.45. The van der Waals surface area contributed by atoms with Gasteiger partial charge in [0.2, 0.25) is 11.8 Å². The van der Waals surface area contributed by atoms with Crippen molar-refractivity contribution in [1.82, 2.24) is 10.2 Å². The lowest BCUT2D eigenvalue weighted by molar-refractivity contribution is -0.139.